The van der Waals surface area contributed by atoms with Crippen molar-refractivity contribution in [2.75, 3.05) is 20.6 Å². The molecule has 4 nitrogen and oxygen atoms in total. The maximum absolute atomic E-state index is 12.3. The summed E-state index contributed by atoms with van der Waals surface area (Å²) in [4.78, 5) is 1.45. The molecular weight excluding hydrogens is 268 g/mol. The second-order valence-corrected chi connectivity index (χ2v) is 7.35. The molecule has 0 fully saturated rings. The number of sulfonamides is 1. The molecule has 0 unspecified atom stereocenters. The Labute approximate surface area is 114 Å². The third kappa shape index (κ3) is 4.05. The van der Waals surface area contributed by atoms with Crippen LogP contribution in [0.2, 0.25) is 0 Å². The molecule has 1 heterocycles. The van der Waals surface area contributed by atoms with E-state index in [0.717, 1.165) is 24.1 Å². The van der Waals surface area contributed by atoms with Gasteiger partial charge in [0.2, 0.25) is 10.0 Å². The van der Waals surface area contributed by atoms with Crippen LogP contribution in [0.5, 0.6) is 0 Å². The maximum Gasteiger partial charge on any atom is 0.243 e. The normalized spacial score (nSPS) is 12.2. The standard InChI is InChI=1S/C12H22N2O2S2/c1-4-5-6-7-14(3)18(15,16)12-8-11(9-13-2)17-10-12/h8,10,13H,4-7,9H2,1-3H3. The molecule has 0 aliphatic rings. The predicted octanol–water partition coefficient (Wildman–Crippen LogP) is 2.28. The topological polar surface area (TPSA) is 49.4 Å². The van der Waals surface area contributed by atoms with Crippen molar-refractivity contribution in [1.82, 2.24) is 9.62 Å². The molecule has 1 N–H and O–H groups in total. The lowest BCUT2D eigenvalue weighted by Gasteiger charge is -2.15. The Balaban J connectivity index is 2.71. The van der Waals surface area contributed by atoms with E-state index in [1.807, 2.05) is 7.05 Å². The van der Waals surface area contributed by atoms with Crippen LogP contribution in [-0.2, 0) is 16.6 Å². The summed E-state index contributed by atoms with van der Waals surface area (Å²) in [5.74, 6) is 0. The zero-order valence-electron chi connectivity index (χ0n) is 11.3. The first-order valence-corrected chi connectivity index (χ1v) is 8.52. The smallest absolute Gasteiger partial charge is 0.243 e. The fraction of sp³-hybridized carbons (Fsp3) is 0.667. The second kappa shape index (κ2) is 7.23. The highest BCUT2D eigenvalue weighted by atomic mass is 32.2. The van der Waals surface area contributed by atoms with Gasteiger partial charge in [0.05, 0.1) is 4.90 Å². The monoisotopic (exact) mass is 290 g/mol. The summed E-state index contributed by atoms with van der Waals surface area (Å²) in [6.45, 7) is 3.41. The molecule has 0 spiro atoms. The summed E-state index contributed by atoms with van der Waals surface area (Å²) in [5, 5.41) is 4.74. The van der Waals surface area contributed by atoms with E-state index in [1.54, 1.807) is 18.5 Å². The van der Waals surface area contributed by atoms with Gasteiger partial charge in [0.15, 0.2) is 0 Å². The SMILES string of the molecule is CCCCCN(C)S(=O)(=O)c1csc(CNC)c1. The highest BCUT2D eigenvalue weighted by Gasteiger charge is 2.21. The molecule has 1 aromatic heterocycles. The van der Waals surface area contributed by atoms with Gasteiger partial charge in [0.25, 0.3) is 0 Å². The maximum atomic E-state index is 12.3. The number of rotatable bonds is 8. The first-order chi connectivity index (χ1) is 8.52. The van der Waals surface area contributed by atoms with Crippen molar-refractivity contribution in [3.05, 3.63) is 16.3 Å². The summed E-state index contributed by atoms with van der Waals surface area (Å²) in [7, 11) is 0.204. The van der Waals surface area contributed by atoms with E-state index >= 15 is 0 Å². The van der Waals surface area contributed by atoms with Gasteiger partial charge in [-0.15, -0.1) is 11.3 Å². The van der Waals surface area contributed by atoms with Crippen molar-refractivity contribution in [1.29, 1.82) is 0 Å². The lowest BCUT2D eigenvalue weighted by Crippen LogP contribution is -2.27. The summed E-state index contributed by atoms with van der Waals surface area (Å²) < 4.78 is 26.0. The van der Waals surface area contributed by atoms with Crippen molar-refractivity contribution in [2.45, 2.75) is 37.6 Å². The molecule has 6 heteroatoms. The van der Waals surface area contributed by atoms with Crippen LogP contribution in [0.3, 0.4) is 0 Å². The van der Waals surface area contributed by atoms with Crippen LogP contribution in [0.1, 0.15) is 31.1 Å². The molecule has 1 rings (SSSR count). The Morgan fingerprint density at radius 3 is 2.72 bits per heavy atom. The number of hydrogen-bond acceptors (Lipinski definition) is 4. The molecule has 0 radical (unpaired) electrons. The molecule has 104 valence electrons. The Hall–Kier alpha value is -0.430. The molecule has 0 atom stereocenters. The number of nitrogens with one attached hydrogen (secondary N) is 1. The summed E-state index contributed by atoms with van der Waals surface area (Å²) in [6.07, 6.45) is 3.08. The molecule has 0 aromatic carbocycles. The Kier molecular flexibility index (Phi) is 6.28. The van der Waals surface area contributed by atoms with E-state index in [2.05, 4.69) is 12.2 Å². The highest BCUT2D eigenvalue weighted by molar-refractivity contribution is 7.89. The molecule has 18 heavy (non-hydrogen) atoms. The van der Waals surface area contributed by atoms with E-state index in [0.29, 0.717) is 18.0 Å². The van der Waals surface area contributed by atoms with Gasteiger partial charge in [0.1, 0.15) is 0 Å². The third-order valence-electron chi connectivity index (χ3n) is 2.77. The van der Waals surface area contributed by atoms with Crippen LogP contribution >= 0.6 is 11.3 Å². The first-order valence-electron chi connectivity index (χ1n) is 6.20. The van der Waals surface area contributed by atoms with Gasteiger partial charge in [-0.3, -0.25) is 0 Å². The van der Waals surface area contributed by atoms with Crippen LogP contribution in [-0.4, -0.2) is 33.4 Å². The Morgan fingerprint density at radius 2 is 2.11 bits per heavy atom. The predicted molar refractivity (Wildman–Crippen MR) is 76.4 cm³/mol. The molecule has 0 amide bonds. The minimum absolute atomic E-state index is 0.414. The van der Waals surface area contributed by atoms with Crippen molar-refractivity contribution in [2.24, 2.45) is 0 Å². The van der Waals surface area contributed by atoms with Crippen LogP contribution in [0.4, 0.5) is 0 Å². The van der Waals surface area contributed by atoms with Gasteiger partial charge in [-0.2, -0.15) is 0 Å². The number of hydrogen-bond donors (Lipinski definition) is 1. The van der Waals surface area contributed by atoms with Gasteiger partial charge >= 0.3 is 0 Å². The highest BCUT2D eigenvalue weighted by Crippen LogP contribution is 2.22. The van der Waals surface area contributed by atoms with Crippen molar-refractivity contribution < 1.29 is 8.42 Å². The molecular formula is C12H22N2O2S2. The van der Waals surface area contributed by atoms with Gasteiger partial charge in [-0.25, -0.2) is 12.7 Å². The third-order valence-corrected chi connectivity index (χ3v) is 5.69. The largest absolute Gasteiger partial charge is 0.315 e. The van der Waals surface area contributed by atoms with Gasteiger partial charge in [0, 0.05) is 30.4 Å². The van der Waals surface area contributed by atoms with Gasteiger partial charge < -0.3 is 5.32 Å². The van der Waals surface area contributed by atoms with E-state index in [1.165, 1.54) is 15.6 Å². The second-order valence-electron chi connectivity index (χ2n) is 4.31. The van der Waals surface area contributed by atoms with Gasteiger partial charge in [-0.05, 0) is 19.5 Å². The summed E-state index contributed by atoms with van der Waals surface area (Å²) >= 11 is 1.48. The van der Waals surface area contributed by atoms with Crippen LogP contribution in [0.15, 0.2) is 16.3 Å². The zero-order valence-corrected chi connectivity index (χ0v) is 12.9. The molecule has 0 saturated carbocycles. The van der Waals surface area contributed by atoms with Crippen LogP contribution in [0.25, 0.3) is 0 Å². The average Bonchev–Trinajstić information content (AvgIpc) is 2.79. The number of nitrogens with zero attached hydrogens (tertiary/aromatic N) is 1. The van der Waals surface area contributed by atoms with E-state index in [4.69, 9.17) is 0 Å². The first kappa shape index (κ1) is 15.6. The zero-order chi connectivity index (χ0) is 13.6. The quantitative estimate of drug-likeness (QED) is 0.747. The lowest BCUT2D eigenvalue weighted by atomic mass is 10.2. The van der Waals surface area contributed by atoms with E-state index in [-0.39, 0.29) is 0 Å². The summed E-state index contributed by atoms with van der Waals surface area (Å²) in [5.41, 5.74) is 0. The molecule has 0 bridgehead atoms. The molecule has 0 aliphatic heterocycles. The lowest BCUT2D eigenvalue weighted by molar-refractivity contribution is 0.454. The van der Waals surface area contributed by atoms with Crippen LogP contribution < -0.4 is 5.32 Å². The number of unbranched alkanes of at least 4 members (excludes halogenated alkanes) is 2. The van der Waals surface area contributed by atoms with Gasteiger partial charge in [-0.1, -0.05) is 19.8 Å². The molecule has 0 aliphatic carbocycles. The summed E-state index contributed by atoms with van der Waals surface area (Å²) in [6, 6.07) is 1.76. The average molecular weight is 290 g/mol. The fourth-order valence-corrected chi connectivity index (χ4v) is 4.13. The molecule has 1 aromatic rings. The molecule has 0 saturated heterocycles. The fourth-order valence-electron chi connectivity index (χ4n) is 1.65. The minimum Gasteiger partial charge on any atom is -0.315 e. The van der Waals surface area contributed by atoms with E-state index < -0.39 is 10.0 Å². The minimum atomic E-state index is -3.30. The van der Waals surface area contributed by atoms with Crippen molar-refractivity contribution in [3.8, 4) is 0 Å². The Bertz CT molecular complexity index is 454. The van der Waals surface area contributed by atoms with Crippen molar-refractivity contribution in [3.63, 3.8) is 0 Å². The van der Waals surface area contributed by atoms with Crippen molar-refractivity contribution >= 4 is 21.4 Å². The van der Waals surface area contributed by atoms with E-state index in [9.17, 15) is 8.42 Å². The van der Waals surface area contributed by atoms with Crippen LogP contribution in [0, 0.1) is 0 Å². The Morgan fingerprint density at radius 1 is 1.39 bits per heavy atom. The number of thiophene rings is 1.